The van der Waals surface area contributed by atoms with Crippen LogP contribution in [-0.2, 0) is 0 Å². The molecule has 0 N–H and O–H groups in total. The van der Waals surface area contributed by atoms with Gasteiger partial charge in [0.1, 0.15) is 0 Å². The number of rotatable bonds is 10. The van der Waals surface area contributed by atoms with Crippen molar-refractivity contribution in [3.63, 3.8) is 0 Å². The fourth-order valence-electron chi connectivity index (χ4n) is 7.74. The van der Waals surface area contributed by atoms with Gasteiger partial charge in [-0.3, -0.25) is 0 Å². The third-order valence-electron chi connectivity index (χ3n) is 10.6. The van der Waals surface area contributed by atoms with E-state index in [0.717, 1.165) is 40.5 Å². The Kier molecular flexibility index (Phi) is 9.92. The third-order valence-corrected chi connectivity index (χ3v) is 10.6. The number of hydrogen-bond acceptors (Lipinski definition) is 2. The second-order valence-electron chi connectivity index (χ2n) is 14.1. The first kappa shape index (κ1) is 34.6. The van der Waals surface area contributed by atoms with E-state index in [9.17, 15) is 0 Å². The quantitative estimate of drug-likeness (QED) is 0.139. The summed E-state index contributed by atoms with van der Waals surface area (Å²) in [7, 11) is 0. The largest absolute Gasteiger partial charge is 0.311 e. The van der Waals surface area contributed by atoms with Crippen LogP contribution >= 0.6 is 0 Å². The summed E-state index contributed by atoms with van der Waals surface area (Å²) in [5.41, 5.74) is 15.2. The topological polar surface area (TPSA) is 6.48 Å². The van der Waals surface area contributed by atoms with E-state index in [0.29, 0.717) is 5.92 Å². The first-order valence-corrected chi connectivity index (χ1v) is 19.4. The molecule has 0 amide bonds. The first-order chi connectivity index (χ1) is 27.8. The number of hydrogen-bond donors (Lipinski definition) is 0. The molecule has 1 unspecified atom stereocenters. The van der Waals surface area contributed by atoms with Crippen molar-refractivity contribution in [3.05, 3.63) is 242 Å². The predicted molar refractivity (Wildman–Crippen MR) is 238 cm³/mol. The third kappa shape index (κ3) is 7.33. The molecule has 56 heavy (non-hydrogen) atoms. The van der Waals surface area contributed by atoms with Gasteiger partial charge in [0.2, 0.25) is 0 Å². The number of benzene rings is 8. The zero-order valence-electron chi connectivity index (χ0n) is 31.2. The van der Waals surface area contributed by atoms with Crippen LogP contribution in [0, 0.1) is 0 Å². The average Bonchev–Trinajstić information content (AvgIpc) is 3.29. The highest BCUT2D eigenvalue weighted by molar-refractivity contribution is 5.89. The van der Waals surface area contributed by atoms with Crippen LogP contribution in [0.2, 0.25) is 0 Å². The molecule has 0 aromatic heterocycles. The summed E-state index contributed by atoms with van der Waals surface area (Å²) in [6, 6.07) is 76.4. The van der Waals surface area contributed by atoms with Gasteiger partial charge in [0.25, 0.3) is 0 Å². The van der Waals surface area contributed by atoms with Gasteiger partial charge in [0.15, 0.2) is 0 Å². The fourth-order valence-corrected chi connectivity index (χ4v) is 7.74. The highest BCUT2D eigenvalue weighted by Gasteiger charge is 2.19. The van der Waals surface area contributed by atoms with Crippen LogP contribution in [0.5, 0.6) is 0 Å². The molecule has 1 atom stereocenters. The summed E-state index contributed by atoms with van der Waals surface area (Å²) in [6.45, 7) is 0. The standard InChI is InChI=1S/C54H42N2/c1-5-16-41(17-6-1)43-28-34-50(35-29-43)55(48-22-9-3-10-23-48)51-36-32-45(33-37-51)46-20-15-21-47(40-46)53-26-13-14-27-54(53)56(49-24-11-4-12-25-49)52-38-30-44(31-39-52)42-18-7-2-8-19-42/h1-18,20-40,42H,19H2. The number of nitrogens with zero attached hydrogens (tertiary/aromatic N) is 2. The maximum atomic E-state index is 2.38. The molecule has 8 aromatic rings. The molecule has 0 radical (unpaired) electrons. The number of para-hydroxylation sites is 3. The summed E-state index contributed by atoms with van der Waals surface area (Å²) in [5.74, 6) is 0.413. The van der Waals surface area contributed by atoms with Gasteiger partial charge >= 0.3 is 0 Å². The molecule has 0 spiro atoms. The van der Waals surface area contributed by atoms with Gasteiger partial charge in [0, 0.05) is 39.9 Å². The minimum Gasteiger partial charge on any atom is -0.311 e. The lowest BCUT2D eigenvalue weighted by atomic mass is 9.92. The van der Waals surface area contributed by atoms with Crippen molar-refractivity contribution in [3.8, 4) is 33.4 Å². The Morgan fingerprint density at radius 1 is 0.339 bits per heavy atom. The van der Waals surface area contributed by atoms with Gasteiger partial charge in [-0.05, 0) is 113 Å². The van der Waals surface area contributed by atoms with Gasteiger partial charge in [-0.15, -0.1) is 0 Å². The van der Waals surface area contributed by atoms with Crippen molar-refractivity contribution in [2.45, 2.75) is 12.3 Å². The first-order valence-electron chi connectivity index (χ1n) is 19.4. The molecule has 0 bridgehead atoms. The summed E-state index contributed by atoms with van der Waals surface area (Å²) in [4.78, 5) is 4.70. The molecule has 0 heterocycles. The molecule has 268 valence electrons. The van der Waals surface area contributed by atoms with Crippen molar-refractivity contribution >= 4 is 34.1 Å². The minimum absolute atomic E-state index is 0.413. The van der Waals surface area contributed by atoms with E-state index in [1.165, 1.54) is 38.9 Å². The Balaban J connectivity index is 1.04. The minimum atomic E-state index is 0.413. The lowest BCUT2D eigenvalue weighted by Crippen LogP contribution is -2.11. The van der Waals surface area contributed by atoms with Gasteiger partial charge < -0.3 is 9.80 Å². The van der Waals surface area contributed by atoms with Crippen LogP contribution in [0.15, 0.2) is 237 Å². The molecular formula is C54H42N2. The Morgan fingerprint density at radius 3 is 1.43 bits per heavy atom. The van der Waals surface area contributed by atoms with Gasteiger partial charge in [0.05, 0.1) is 5.69 Å². The van der Waals surface area contributed by atoms with Crippen molar-refractivity contribution in [2.24, 2.45) is 0 Å². The van der Waals surface area contributed by atoms with E-state index in [1.54, 1.807) is 0 Å². The smallest absolute Gasteiger partial charge is 0.0540 e. The van der Waals surface area contributed by atoms with E-state index in [2.05, 4.69) is 246 Å². The maximum Gasteiger partial charge on any atom is 0.0540 e. The van der Waals surface area contributed by atoms with Crippen molar-refractivity contribution in [2.75, 3.05) is 9.80 Å². The summed E-state index contributed by atoms with van der Waals surface area (Å²) in [5, 5.41) is 0. The Labute approximate surface area is 330 Å². The van der Waals surface area contributed by atoms with E-state index in [4.69, 9.17) is 0 Å². The molecule has 9 rings (SSSR count). The molecule has 2 nitrogen and oxygen atoms in total. The monoisotopic (exact) mass is 718 g/mol. The molecular weight excluding hydrogens is 677 g/mol. The SMILES string of the molecule is C1=CCC(c2ccc(N(c3ccccc3)c3ccccc3-c3cccc(-c4ccc(N(c5ccccc5)c5ccc(-c6ccccc6)cc5)cc4)c3)cc2)C=C1. The van der Waals surface area contributed by atoms with Crippen LogP contribution in [0.4, 0.5) is 34.1 Å². The molecule has 2 heteroatoms. The van der Waals surface area contributed by atoms with Crippen molar-refractivity contribution < 1.29 is 0 Å². The normalized spacial score (nSPS) is 13.3. The second-order valence-corrected chi connectivity index (χ2v) is 14.1. The van der Waals surface area contributed by atoms with E-state index in [-0.39, 0.29) is 0 Å². The fraction of sp³-hybridized carbons (Fsp3) is 0.0370. The maximum absolute atomic E-state index is 2.38. The van der Waals surface area contributed by atoms with E-state index in [1.807, 2.05) is 0 Å². The Hall–Kier alpha value is -7.16. The van der Waals surface area contributed by atoms with Crippen LogP contribution in [0.3, 0.4) is 0 Å². The number of anilines is 6. The highest BCUT2D eigenvalue weighted by atomic mass is 15.1. The zero-order valence-corrected chi connectivity index (χ0v) is 31.2. The van der Waals surface area contributed by atoms with Crippen LogP contribution in [-0.4, -0.2) is 0 Å². The predicted octanol–water partition coefficient (Wildman–Crippen LogP) is 15.2. The average molecular weight is 719 g/mol. The van der Waals surface area contributed by atoms with Gasteiger partial charge in [-0.2, -0.15) is 0 Å². The van der Waals surface area contributed by atoms with Gasteiger partial charge in [-0.25, -0.2) is 0 Å². The van der Waals surface area contributed by atoms with Crippen molar-refractivity contribution in [1.82, 2.24) is 0 Å². The van der Waals surface area contributed by atoms with Crippen molar-refractivity contribution in [1.29, 1.82) is 0 Å². The van der Waals surface area contributed by atoms with Crippen LogP contribution < -0.4 is 9.80 Å². The van der Waals surface area contributed by atoms with Crippen LogP contribution in [0.25, 0.3) is 33.4 Å². The van der Waals surface area contributed by atoms with E-state index >= 15 is 0 Å². The second kappa shape index (κ2) is 16.1. The molecule has 1 aliphatic carbocycles. The molecule has 1 aliphatic rings. The molecule has 8 aromatic carbocycles. The number of allylic oxidation sites excluding steroid dienone is 4. The molecule has 0 saturated heterocycles. The molecule has 0 fully saturated rings. The summed E-state index contributed by atoms with van der Waals surface area (Å²) < 4.78 is 0. The summed E-state index contributed by atoms with van der Waals surface area (Å²) >= 11 is 0. The molecule has 0 saturated carbocycles. The summed E-state index contributed by atoms with van der Waals surface area (Å²) in [6.07, 6.45) is 9.87. The molecule has 0 aliphatic heterocycles. The Morgan fingerprint density at radius 2 is 0.804 bits per heavy atom. The lowest BCUT2D eigenvalue weighted by Gasteiger charge is -2.28. The Bertz CT molecular complexity index is 2570. The highest BCUT2D eigenvalue weighted by Crippen LogP contribution is 2.42. The van der Waals surface area contributed by atoms with Crippen LogP contribution in [0.1, 0.15) is 17.9 Å². The zero-order chi connectivity index (χ0) is 37.5. The lowest BCUT2D eigenvalue weighted by molar-refractivity contribution is 0.854. The van der Waals surface area contributed by atoms with E-state index < -0.39 is 0 Å². The van der Waals surface area contributed by atoms with Gasteiger partial charge in [-0.1, -0.05) is 164 Å².